The van der Waals surface area contributed by atoms with Crippen LogP contribution in [0, 0.1) is 0 Å². The molecule has 10 heteroatoms. The number of nitrogens with one attached hydrogen (secondary N) is 2. The fraction of sp³-hybridized carbons (Fsp3) is 1.00. The molecule has 1 rings (SSSR count). The molecule has 1 saturated heterocycles. The number of hydrogen-bond acceptors (Lipinski definition) is 6. The lowest BCUT2D eigenvalue weighted by atomic mass is 10.1. The van der Waals surface area contributed by atoms with Crippen LogP contribution in [0.2, 0.25) is 0 Å². The maximum absolute atomic E-state index is 11.6. The molecule has 4 N–H and O–H groups in total. The van der Waals surface area contributed by atoms with Gasteiger partial charge in [0.05, 0.1) is 13.2 Å². The molecule has 2 atom stereocenters. The molecule has 0 saturated carbocycles. The van der Waals surface area contributed by atoms with E-state index >= 15 is 0 Å². The fourth-order valence-electron chi connectivity index (χ4n) is 1.78. The molecule has 8 nitrogen and oxygen atoms in total. The van der Waals surface area contributed by atoms with Crippen molar-refractivity contribution in [3.63, 3.8) is 0 Å². The summed E-state index contributed by atoms with van der Waals surface area (Å²) in [4.78, 5) is 0. The van der Waals surface area contributed by atoms with Crippen LogP contribution in [0.25, 0.3) is 0 Å². The lowest BCUT2D eigenvalue weighted by Crippen LogP contribution is -2.55. The lowest BCUT2D eigenvalue weighted by molar-refractivity contribution is 0.0661. The molecular weight excluding hydrogens is 282 g/mol. The minimum Gasteiger partial charge on any atom is -0.378 e. The van der Waals surface area contributed by atoms with E-state index < -0.39 is 31.2 Å². The Labute approximate surface area is 107 Å². The van der Waals surface area contributed by atoms with E-state index in [0.717, 1.165) is 0 Å². The van der Waals surface area contributed by atoms with Crippen LogP contribution in [0.15, 0.2) is 0 Å². The van der Waals surface area contributed by atoms with Crippen LogP contribution in [0.3, 0.4) is 0 Å². The van der Waals surface area contributed by atoms with E-state index in [1.54, 1.807) is 6.92 Å². The van der Waals surface area contributed by atoms with Gasteiger partial charge < -0.3 is 10.1 Å². The van der Waals surface area contributed by atoms with Gasteiger partial charge in [0.15, 0.2) is 5.08 Å². The second-order valence-electron chi connectivity index (χ2n) is 4.16. The van der Waals surface area contributed by atoms with Crippen molar-refractivity contribution in [2.75, 3.05) is 24.8 Å². The van der Waals surface area contributed by atoms with Crippen molar-refractivity contribution in [1.29, 1.82) is 0 Å². The molecule has 18 heavy (non-hydrogen) atoms. The molecule has 0 amide bonds. The highest BCUT2D eigenvalue weighted by molar-refractivity contribution is 8.06. The van der Waals surface area contributed by atoms with Crippen molar-refractivity contribution in [3.8, 4) is 0 Å². The maximum atomic E-state index is 11.6. The number of ether oxygens (including phenoxy) is 1. The summed E-state index contributed by atoms with van der Waals surface area (Å²) in [5.74, 6) is 0. The van der Waals surface area contributed by atoms with Gasteiger partial charge in [-0.15, -0.1) is 0 Å². The molecule has 0 bridgehead atoms. The Morgan fingerprint density at radius 1 is 1.44 bits per heavy atom. The number of sulfonamides is 2. The van der Waals surface area contributed by atoms with Crippen molar-refractivity contribution in [1.82, 2.24) is 10.0 Å². The molecule has 0 spiro atoms. The molecular formula is C8H19N3O5S2. The van der Waals surface area contributed by atoms with Gasteiger partial charge >= 0.3 is 0 Å². The highest BCUT2D eigenvalue weighted by Gasteiger charge is 2.28. The maximum Gasteiger partial charge on any atom is 0.227 e. The summed E-state index contributed by atoms with van der Waals surface area (Å²) < 4.78 is 52.4. The van der Waals surface area contributed by atoms with Gasteiger partial charge in [-0.3, -0.25) is 0 Å². The third-order valence-electron chi connectivity index (χ3n) is 2.53. The number of primary sulfonamides is 1. The first kappa shape index (κ1) is 15.8. The Morgan fingerprint density at radius 2 is 2.11 bits per heavy atom. The summed E-state index contributed by atoms with van der Waals surface area (Å²) in [5.41, 5.74) is 0. The van der Waals surface area contributed by atoms with Gasteiger partial charge in [-0.2, -0.15) is 0 Å². The van der Waals surface area contributed by atoms with Crippen molar-refractivity contribution < 1.29 is 21.6 Å². The Bertz CT molecular complexity index is 455. The van der Waals surface area contributed by atoms with Gasteiger partial charge in [-0.05, 0) is 6.42 Å². The Kier molecular flexibility index (Phi) is 5.49. The summed E-state index contributed by atoms with van der Waals surface area (Å²) in [6.07, 6.45) is 0.519. The molecule has 108 valence electrons. The van der Waals surface area contributed by atoms with Crippen LogP contribution in [0.1, 0.15) is 13.3 Å². The van der Waals surface area contributed by atoms with E-state index in [4.69, 9.17) is 9.88 Å². The van der Waals surface area contributed by atoms with Crippen LogP contribution < -0.4 is 15.2 Å². The summed E-state index contributed by atoms with van der Waals surface area (Å²) in [5, 5.41) is 6.75. The van der Waals surface area contributed by atoms with E-state index in [2.05, 4.69) is 10.0 Å². The van der Waals surface area contributed by atoms with E-state index in [9.17, 15) is 16.8 Å². The zero-order valence-corrected chi connectivity index (χ0v) is 11.8. The highest BCUT2D eigenvalue weighted by Crippen LogP contribution is 2.06. The molecule has 2 unspecified atom stereocenters. The molecule has 0 aromatic rings. The monoisotopic (exact) mass is 301 g/mol. The van der Waals surface area contributed by atoms with Gasteiger partial charge in [0, 0.05) is 18.6 Å². The van der Waals surface area contributed by atoms with E-state index in [-0.39, 0.29) is 6.04 Å². The molecule has 0 aliphatic carbocycles. The Balaban J connectivity index is 2.67. The molecule has 0 aromatic heterocycles. The topological polar surface area (TPSA) is 128 Å². The first-order valence-corrected chi connectivity index (χ1v) is 8.92. The summed E-state index contributed by atoms with van der Waals surface area (Å²) in [6, 6.07) is -0.587. The molecule has 1 aliphatic rings. The van der Waals surface area contributed by atoms with Gasteiger partial charge in [0.25, 0.3) is 0 Å². The fourth-order valence-corrected chi connectivity index (χ4v) is 4.57. The predicted molar refractivity (Wildman–Crippen MR) is 66.7 cm³/mol. The summed E-state index contributed by atoms with van der Waals surface area (Å²) in [6.45, 7) is 3.41. The average molecular weight is 301 g/mol. The van der Waals surface area contributed by atoms with Crippen molar-refractivity contribution >= 4 is 20.0 Å². The average Bonchev–Trinajstić information content (AvgIpc) is 2.24. The molecule has 0 radical (unpaired) electrons. The van der Waals surface area contributed by atoms with Crippen molar-refractivity contribution in [2.24, 2.45) is 5.14 Å². The predicted octanol–water partition coefficient (Wildman–Crippen LogP) is -2.08. The van der Waals surface area contributed by atoms with Gasteiger partial charge in [0.1, 0.15) is 0 Å². The number of morpholine rings is 1. The SMILES string of the molecule is CCC(NS(=O)(=O)CS(N)(=O)=O)C1COCCN1. The zero-order chi connectivity index (χ0) is 13.8. The second-order valence-corrected chi connectivity index (χ2v) is 7.90. The van der Waals surface area contributed by atoms with E-state index in [1.807, 2.05) is 0 Å². The van der Waals surface area contributed by atoms with Crippen LogP contribution >= 0.6 is 0 Å². The Hall–Kier alpha value is -0.260. The molecule has 1 aliphatic heterocycles. The standard InChI is InChI=1S/C8H19N3O5S2/c1-2-7(8-5-16-4-3-10-8)11-18(14,15)6-17(9,12)13/h7-8,10-11H,2-6H2,1H3,(H2,9,12,13). The van der Waals surface area contributed by atoms with Gasteiger partial charge in [-0.1, -0.05) is 6.92 Å². The van der Waals surface area contributed by atoms with Crippen molar-refractivity contribution in [2.45, 2.75) is 25.4 Å². The first-order valence-electron chi connectivity index (χ1n) is 5.55. The third-order valence-corrected chi connectivity index (χ3v) is 5.74. The van der Waals surface area contributed by atoms with Gasteiger partial charge in [0.2, 0.25) is 20.0 Å². The number of rotatable bonds is 6. The first-order chi connectivity index (χ1) is 8.23. The highest BCUT2D eigenvalue weighted by atomic mass is 32.3. The zero-order valence-electron chi connectivity index (χ0n) is 10.1. The number of nitrogens with two attached hydrogens (primary N) is 1. The normalized spacial score (nSPS) is 23.8. The van der Waals surface area contributed by atoms with Crippen LogP contribution in [0.5, 0.6) is 0 Å². The quantitative estimate of drug-likeness (QED) is 0.516. The second kappa shape index (κ2) is 6.26. The van der Waals surface area contributed by atoms with Crippen molar-refractivity contribution in [3.05, 3.63) is 0 Å². The van der Waals surface area contributed by atoms with Crippen LogP contribution in [0.4, 0.5) is 0 Å². The Morgan fingerprint density at radius 3 is 2.56 bits per heavy atom. The lowest BCUT2D eigenvalue weighted by Gasteiger charge is -2.30. The molecule has 1 fully saturated rings. The van der Waals surface area contributed by atoms with Gasteiger partial charge in [-0.25, -0.2) is 26.7 Å². The summed E-state index contributed by atoms with van der Waals surface area (Å²) >= 11 is 0. The minimum atomic E-state index is -4.07. The summed E-state index contributed by atoms with van der Waals surface area (Å²) in [7, 11) is -8.03. The van der Waals surface area contributed by atoms with Crippen LogP contribution in [-0.2, 0) is 24.8 Å². The molecule has 1 heterocycles. The van der Waals surface area contributed by atoms with Crippen LogP contribution in [-0.4, -0.2) is 53.8 Å². The van der Waals surface area contributed by atoms with E-state index in [0.29, 0.717) is 26.2 Å². The largest absolute Gasteiger partial charge is 0.378 e. The smallest absolute Gasteiger partial charge is 0.227 e. The van der Waals surface area contributed by atoms with E-state index in [1.165, 1.54) is 0 Å². The minimum absolute atomic E-state index is 0.168. The number of hydrogen-bond donors (Lipinski definition) is 3. The molecule has 0 aromatic carbocycles. The third kappa shape index (κ3) is 5.59.